The van der Waals surface area contributed by atoms with Crippen molar-refractivity contribution in [2.45, 2.75) is 25.3 Å². The van der Waals surface area contributed by atoms with E-state index in [4.69, 9.17) is 22.4 Å². The van der Waals surface area contributed by atoms with Crippen LogP contribution < -0.4 is 11.1 Å². The molecular weight excluding hydrogens is 390 g/mol. The summed E-state index contributed by atoms with van der Waals surface area (Å²) in [6.07, 6.45) is 4.07. The van der Waals surface area contributed by atoms with Crippen molar-refractivity contribution in [1.29, 1.82) is 0 Å². The van der Waals surface area contributed by atoms with Crippen molar-refractivity contribution in [2.24, 2.45) is 11.7 Å². The maximum atomic E-state index is 12.3. The standard InChI is InChI=1S/C21H24ClN5O2/c1-2-17(28)26-11-8-13(9-12-26)16-7-10-24-21-18(20(23)29)19(25-27(16)21)14-3-5-15(22)6-4-14/h2-6,13,16,24H,1,7-12H2,(H2,23,29). The summed E-state index contributed by atoms with van der Waals surface area (Å²) in [5, 5.41) is 8.75. The van der Waals surface area contributed by atoms with Crippen LogP contribution in [0.25, 0.3) is 11.3 Å². The minimum Gasteiger partial charge on any atom is -0.370 e. The van der Waals surface area contributed by atoms with Gasteiger partial charge in [-0.1, -0.05) is 30.3 Å². The molecule has 7 nitrogen and oxygen atoms in total. The highest BCUT2D eigenvalue weighted by Crippen LogP contribution is 2.39. The quantitative estimate of drug-likeness (QED) is 0.753. The molecule has 2 amide bonds. The number of aromatic nitrogens is 2. The van der Waals surface area contributed by atoms with Crippen molar-refractivity contribution < 1.29 is 9.59 Å². The third-order valence-corrected chi connectivity index (χ3v) is 6.14. The van der Waals surface area contributed by atoms with Crippen LogP contribution in [0.5, 0.6) is 0 Å². The van der Waals surface area contributed by atoms with Gasteiger partial charge in [-0.05, 0) is 43.4 Å². The van der Waals surface area contributed by atoms with Crippen molar-refractivity contribution in [1.82, 2.24) is 14.7 Å². The van der Waals surface area contributed by atoms with Crippen LogP contribution >= 0.6 is 11.6 Å². The molecule has 1 aromatic heterocycles. The topological polar surface area (TPSA) is 93.2 Å². The lowest BCUT2D eigenvalue weighted by Gasteiger charge is -2.38. The molecule has 0 bridgehead atoms. The van der Waals surface area contributed by atoms with E-state index < -0.39 is 5.91 Å². The highest BCUT2D eigenvalue weighted by Gasteiger charge is 2.35. The van der Waals surface area contributed by atoms with E-state index >= 15 is 0 Å². The number of benzene rings is 1. The first kappa shape index (κ1) is 19.5. The van der Waals surface area contributed by atoms with Crippen LogP contribution in [-0.2, 0) is 4.79 Å². The maximum Gasteiger partial charge on any atom is 0.254 e. The van der Waals surface area contributed by atoms with E-state index in [1.54, 1.807) is 12.1 Å². The van der Waals surface area contributed by atoms with Crippen LogP contribution in [0.3, 0.4) is 0 Å². The van der Waals surface area contributed by atoms with E-state index in [0.717, 1.165) is 31.4 Å². The number of halogens is 1. The van der Waals surface area contributed by atoms with Gasteiger partial charge in [0.1, 0.15) is 17.1 Å². The zero-order valence-electron chi connectivity index (χ0n) is 16.1. The third-order valence-electron chi connectivity index (χ3n) is 5.89. The van der Waals surface area contributed by atoms with Gasteiger partial charge in [0.25, 0.3) is 5.91 Å². The second kappa shape index (κ2) is 7.91. The number of nitrogens with two attached hydrogens (primary N) is 1. The number of rotatable bonds is 4. The molecule has 0 saturated carbocycles. The number of hydrogen-bond donors (Lipinski definition) is 2. The lowest BCUT2D eigenvalue weighted by Crippen LogP contribution is -2.41. The summed E-state index contributed by atoms with van der Waals surface area (Å²) in [6.45, 7) is 5.75. The Kier molecular flexibility index (Phi) is 5.32. The molecule has 4 rings (SSSR count). The van der Waals surface area contributed by atoms with E-state index in [-0.39, 0.29) is 11.9 Å². The zero-order valence-corrected chi connectivity index (χ0v) is 16.9. The Morgan fingerprint density at radius 2 is 1.90 bits per heavy atom. The van der Waals surface area contributed by atoms with Crippen LogP contribution in [0, 0.1) is 5.92 Å². The molecule has 2 aliphatic heterocycles. The van der Waals surface area contributed by atoms with Crippen LogP contribution in [0.2, 0.25) is 5.02 Å². The van der Waals surface area contributed by atoms with Crippen molar-refractivity contribution in [3.8, 4) is 11.3 Å². The lowest BCUT2D eigenvalue weighted by molar-refractivity contribution is -0.127. The Bertz CT molecular complexity index is 945. The fraction of sp³-hybridized carbons (Fsp3) is 0.381. The number of amides is 2. The van der Waals surface area contributed by atoms with Crippen LogP contribution in [0.15, 0.2) is 36.9 Å². The van der Waals surface area contributed by atoms with Gasteiger partial charge in [-0.3, -0.25) is 9.59 Å². The molecule has 1 aromatic carbocycles. The number of carbonyl (C=O) groups excluding carboxylic acids is 2. The number of nitrogens with one attached hydrogen (secondary N) is 1. The van der Waals surface area contributed by atoms with Crippen molar-refractivity contribution in [3.05, 3.63) is 47.5 Å². The Hall–Kier alpha value is -2.80. The van der Waals surface area contributed by atoms with Gasteiger partial charge in [0.15, 0.2) is 0 Å². The molecule has 29 heavy (non-hydrogen) atoms. The predicted molar refractivity (Wildman–Crippen MR) is 113 cm³/mol. The number of nitrogens with zero attached hydrogens (tertiary/aromatic N) is 3. The van der Waals surface area contributed by atoms with Gasteiger partial charge in [-0.2, -0.15) is 5.10 Å². The minimum absolute atomic E-state index is 0.0189. The van der Waals surface area contributed by atoms with Gasteiger partial charge < -0.3 is 16.0 Å². The molecule has 2 aromatic rings. The average molecular weight is 414 g/mol. The van der Waals surface area contributed by atoms with E-state index in [9.17, 15) is 9.59 Å². The fourth-order valence-electron chi connectivity index (χ4n) is 4.42. The summed E-state index contributed by atoms with van der Waals surface area (Å²) in [6, 6.07) is 7.40. The third kappa shape index (κ3) is 3.62. The number of anilines is 1. The monoisotopic (exact) mass is 413 g/mol. The zero-order chi connectivity index (χ0) is 20.5. The molecule has 1 fully saturated rings. The maximum absolute atomic E-state index is 12.3. The highest BCUT2D eigenvalue weighted by atomic mass is 35.5. The first-order valence-electron chi connectivity index (χ1n) is 9.83. The van der Waals surface area contributed by atoms with Crippen LogP contribution in [0.4, 0.5) is 5.82 Å². The molecular formula is C21H24ClN5O2. The van der Waals surface area contributed by atoms with Crippen molar-refractivity contribution in [3.63, 3.8) is 0 Å². The largest absolute Gasteiger partial charge is 0.370 e. The lowest BCUT2D eigenvalue weighted by atomic mass is 9.87. The molecule has 1 atom stereocenters. The van der Waals surface area contributed by atoms with E-state index in [2.05, 4.69) is 11.9 Å². The van der Waals surface area contributed by atoms with Gasteiger partial charge in [0, 0.05) is 30.2 Å². The van der Waals surface area contributed by atoms with Crippen molar-refractivity contribution in [2.75, 3.05) is 25.0 Å². The molecule has 2 aliphatic rings. The summed E-state index contributed by atoms with van der Waals surface area (Å²) >= 11 is 6.01. The van der Waals surface area contributed by atoms with E-state index in [0.29, 0.717) is 41.1 Å². The summed E-state index contributed by atoms with van der Waals surface area (Å²) < 4.78 is 1.93. The number of likely N-dealkylation sites (tertiary alicyclic amines) is 1. The number of piperidine rings is 1. The summed E-state index contributed by atoms with van der Waals surface area (Å²) in [4.78, 5) is 26.0. The van der Waals surface area contributed by atoms with Gasteiger partial charge in [0.2, 0.25) is 5.91 Å². The SMILES string of the molecule is C=CC(=O)N1CCC(C2CCNc3c(C(N)=O)c(-c4ccc(Cl)cc4)nn32)CC1. The Balaban J connectivity index is 1.66. The Labute approximate surface area is 174 Å². The second-order valence-corrected chi connectivity index (χ2v) is 7.97. The first-order valence-corrected chi connectivity index (χ1v) is 10.2. The van der Waals surface area contributed by atoms with E-state index in [1.165, 1.54) is 6.08 Å². The van der Waals surface area contributed by atoms with Gasteiger partial charge in [0.05, 0.1) is 6.04 Å². The van der Waals surface area contributed by atoms with Crippen LogP contribution in [-0.4, -0.2) is 46.1 Å². The Morgan fingerprint density at radius 3 is 2.52 bits per heavy atom. The molecule has 0 aliphatic carbocycles. The number of fused-ring (bicyclic) bond motifs is 1. The molecule has 1 unspecified atom stereocenters. The van der Waals surface area contributed by atoms with Gasteiger partial charge >= 0.3 is 0 Å². The predicted octanol–water partition coefficient (Wildman–Crippen LogP) is 3.08. The number of carbonyl (C=O) groups is 2. The van der Waals surface area contributed by atoms with Crippen LogP contribution in [0.1, 0.15) is 35.7 Å². The van der Waals surface area contributed by atoms with E-state index in [1.807, 2.05) is 21.7 Å². The summed E-state index contributed by atoms with van der Waals surface area (Å²) in [5.74, 6) is 0.539. The molecule has 8 heteroatoms. The number of hydrogen-bond acceptors (Lipinski definition) is 4. The first-order chi connectivity index (χ1) is 14.0. The molecule has 3 N–H and O–H groups in total. The average Bonchev–Trinajstić information content (AvgIpc) is 3.13. The summed E-state index contributed by atoms with van der Waals surface area (Å²) in [5.41, 5.74) is 7.52. The van der Waals surface area contributed by atoms with Crippen molar-refractivity contribution >= 4 is 29.2 Å². The molecule has 0 spiro atoms. The molecule has 3 heterocycles. The second-order valence-electron chi connectivity index (χ2n) is 7.54. The van der Waals surface area contributed by atoms with Gasteiger partial charge in [-0.15, -0.1) is 0 Å². The molecule has 0 radical (unpaired) electrons. The molecule has 1 saturated heterocycles. The normalized spacial score (nSPS) is 19.3. The smallest absolute Gasteiger partial charge is 0.254 e. The number of primary amides is 1. The highest BCUT2D eigenvalue weighted by molar-refractivity contribution is 6.30. The molecule has 152 valence electrons. The summed E-state index contributed by atoms with van der Waals surface area (Å²) in [7, 11) is 0. The fourth-order valence-corrected chi connectivity index (χ4v) is 4.54. The minimum atomic E-state index is -0.504. The Morgan fingerprint density at radius 1 is 1.21 bits per heavy atom. The van der Waals surface area contributed by atoms with Gasteiger partial charge in [-0.25, -0.2) is 4.68 Å².